The van der Waals surface area contributed by atoms with Crippen molar-refractivity contribution in [2.75, 3.05) is 0 Å². The fourth-order valence-electron chi connectivity index (χ4n) is 3.28. The number of carboxylic acid groups (broad SMARTS) is 1. The molecule has 1 aromatic heterocycles. The van der Waals surface area contributed by atoms with Gasteiger partial charge in [-0.3, -0.25) is 4.79 Å². The lowest BCUT2D eigenvalue weighted by atomic mass is 9.91. The summed E-state index contributed by atoms with van der Waals surface area (Å²) < 4.78 is 32.7. The van der Waals surface area contributed by atoms with Crippen molar-refractivity contribution in [1.29, 1.82) is 0 Å². The first-order chi connectivity index (χ1) is 15.3. The van der Waals surface area contributed by atoms with E-state index in [0.717, 1.165) is 0 Å². The molecule has 7 heteroatoms. The number of carboxylic acids is 1. The molecule has 0 saturated heterocycles. The normalized spacial score (nSPS) is 13.1. The largest absolute Gasteiger partial charge is 0.481 e. The van der Waals surface area contributed by atoms with Crippen molar-refractivity contribution in [3.63, 3.8) is 0 Å². The topological polar surface area (TPSA) is 90.9 Å². The van der Waals surface area contributed by atoms with E-state index in [2.05, 4.69) is 0 Å². The first kappa shape index (κ1) is 23.1. The molecule has 2 aromatic carbocycles. The number of rotatable bonds is 9. The minimum absolute atomic E-state index is 0.170. The number of furan rings is 1. The van der Waals surface area contributed by atoms with Crippen LogP contribution in [0.4, 0.5) is 8.78 Å². The van der Waals surface area contributed by atoms with Gasteiger partial charge in [0.1, 0.15) is 17.4 Å². The highest BCUT2D eigenvalue weighted by molar-refractivity contribution is 6.01. The minimum atomic E-state index is -1.21. The zero-order valence-electron chi connectivity index (χ0n) is 17.0. The van der Waals surface area contributed by atoms with Crippen molar-refractivity contribution < 1.29 is 33.3 Å². The van der Waals surface area contributed by atoms with Gasteiger partial charge in [-0.25, -0.2) is 8.78 Å². The maximum absolute atomic E-state index is 13.5. The summed E-state index contributed by atoms with van der Waals surface area (Å²) in [5.74, 6) is -1.54. The van der Waals surface area contributed by atoms with Crippen LogP contribution < -0.4 is 0 Å². The van der Waals surface area contributed by atoms with Crippen LogP contribution >= 0.6 is 0 Å². The SMILES string of the molecule is O=C(O)CC(O)CC(O)/C=C/C(=C(c1ccc(F)cc1)c1ccc(F)cc1)c1ccco1. The Kier molecular flexibility index (Phi) is 7.70. The van der Waals surface area contributed by atoms with Crippen LogP contribution in [0.25, 0.3) is 11.1 Å². The van der Waals surface area contributed by atoms with Crippen LogP contribution in [-0.4, -0.2) is 33.5 Å². The second-order valence-electron chi connectivity index (χ2n) is 7.19. The number of carbonyl (C=O) groups is 1. The maximum atomic E-state index is 13.5. The summed E-state index contributed by atoms with van der Waals surface area (Å²) in [5, 5.41) is 28.8. The standard InChI is InChI=1S/C25H22F2O5/c26-18-7-3-16(4-8-18)25(17-5-9-19(27)10-6-17)22(23-2-1-13-32-23)12-11-20(28)14-21(29)15-24(30)31/h1-13,20-21,28-29H,14-15H2,(H,30,31)/b12-11+. The van der Waals surface area contributed by atoms with Crippen molar-refractivity contribution >= 4 is 17.1 Å². The number of hydrogen-bond acceptors (Lipinski definition) is 4. The molecule has 3 N–H and O–H groups in total. The Morgan fingerprint density at radius 3 is 1.97 bits per heavy atom. The molecule has 1 heterocycles. The van der Waals surface area contributed by atoms with Gasteiger partial charge in [-0.15, -0.1) is 0 Å². The quantitative estimate of drug-likeness (QED) is 0.421. The molecule has 2 unspecified atom stereocenters. The molecule has 0 aliphatic heterocycles. The van der Waals surface area contributed by atoms with E-state index in [9.17, 15) is 23.8 Å². The fraction of sp³-hybridized carbons (Fsp3) is 0.160. The monoisotopic (exact) mass is 440 g/mol. The Labute approximate surface area is 183 Å². The second kappa shape index (κ2) is 10.7. The van der Waals surface area contributed by atoms with Gasteiger partial charge in [-0.1, -0.05) is 36.4 Å². The highest BCUT2D eigenvalue weighted by Crippen LogP contribution is 2.34. The predicted molar refractivity (Wildman–Crippen MR) is 115 cm³/mol. The number of allylic oxidation sites excluding steroid dienone is 2. The highest BCUT2D eigenvalue weighted by atomic mass is 19.1. The van der Waals surface area contributed by atoms with E-state index in [1.165, 1.54) is 36.6 Å². The van der Waals surface area contributed by atoms with Gasteiger partial charge in [0.15, 0.2) is 0 Å². The van der Waals surface area contributed by atoms with Gasteiger partial charge >= 0.3 is 5.97 Å². The Bertz CT molecular complexity index is 1040. The Balaban J connectivity index is 2.08. The molecule has 2 atom stereocenters. The van der Waals surface area contributed by atoms with Crippen molar-refractivity contribution in [3.8, 4) is 0 Å². The molecule has 0 radical (unpaired) electrons. The van der Waals surface area contributed by atoms with E-state index in [1.807, 2.05) is 0 Å². The van der Waals surface area contributed by atoms with E-state index in [-0.39, 0.29) is 6.42 Å². The van der Waals surface area contributed by atoms with Gasteiger partial charge in [0, 0.05) is 12.0 Å². The molecular weight excluding hydrogens is 418 g/mol. The lowest BCUT2D eigenvalue weighted by Gasteiger charge is -2.15. The van der Waals surface area contributed by atoms with Crippen LogP contribution in [0.3, 0.4) is 0 Å². The molecule has 0 aliphatic carbocycles. The molecule has 0 aliphatic rings. The first-order valence-electron chi connectivity index (χ1n) is 9.89. The maximum Gasteiger partial charge on any atom is 0.305 e. The van der Waals surface area contributed by atoms with Gasteiger partial charge in [-0.2, -0.15) is 0 Å². The summed E-state index contributed by atoms with van der Waals surface area (Å²) in [7, 11) is 0. The van der Waals surface area contributed by atoms with Gasteiger partial charge in [0.05, 0.1) is 24.9 Å². The molecular formula is C25H22F2O5. The van der Waals surface area contributed by atoms with Gasteiger partial charge < -0.3 is 19.7 Å². The number of benzene rings is 2. The first-order valence-corrected chi connectivity index (χ1v) is 9.89. The summed E-state index contributed by atoms with van der Waals surface area (Å²) in [6, 6.07) is 14.9. The molecule has 0 saturated carbocycles. The molecule has 3 rings (SSSR count). The smallest absolute Gasteiger partial charge is 0.305 e. The number of hydrogen-bond donors (Lipinski definition) is 3. The number of aliphatic carboxylic acids is 1. The van der Waals surface area contributed by atoms with Crippen molar-refractivity contribution in [2.24, 2.45) is 0 Å². The summed E-state index contributed by atoms with van der Waals surface area (Å²) in [5.41, 5.74) is 2.40. The molecule has 32 heavy (non-hydrogen) atoms. The average Bonchev–Trinajstić information content (AvgIpc) is 3.27. The molecule has 0 fully saturated rings. The number of aliphatic hydroxyl groups excluding tert-OH is 2. The van der Waals surface area contributed by atoms with E-state index >= 15 is 0 Å². The Morgan fingerprint density at radius 2 is 1.50 bits per heavy atom. The summed E-state index contributed by atoms with van der Waals surface area (Å²) >= 11 is 0. The summed E-state index contributed by atoms with van der Waals surface area (Å²) in [6.45, 7) is 0. The summed E-state index contributed by atoms with van der Waals surface area (Å²) in [4.78, 5) is 10.7. The van der Waals surface area contributed by atoms with E-state index in [1.54, 1.807) is 42.5 Å². The van der Waals surface area contributed by atoms with Gasteiger partial charge in [0.25, 0.3) is 0 Å². The average molecular weight is 440 g/mol. The third-order valence-corrected chi connectivity index (χ3v) is 4.73. The van der Waals surface area contributed by atoms with E-state index in [4.69, 9.17) is 9.52 Å². The number of halogens is 2. The second-order valence-corrected chi connectivity index (χ2v) is 7.19. The molecule has 0 amide bonds. The van der Waals surface area contributed by atoms with E-state index < -0.39 is 36.2 Å². The van der Waals surface area contributed by atoms with Gasteiger partial charge in [0.2, 0.25) is 0 Å². The molecule has 0 spiro atoms. The fourth-order valence-corrected chi connectivity index (χ4v) is 3.28. The third kappa shape index (κ3) is 6.23. The van der Waals surface area contributed by atoms with Crippen LogP contribution in [-0.2, 0) is 4.79 Å². The van der Waals surface area contributed by atoms with Crippen LogP contribution in [0.5, 0.6) is 0 Å². The van der Waals surface area contributed by atoms with Crippen LogP contribution in [0.1, 0.15) is 29.7 Å². The lowest BCUT2D eigenvalue weighted by Crippen LogP contribution is -2.19. The molecule has 166 valence electrons. The molecule has 5 nitrogen and oxygen atoms in total. The summed E-state index contributed by atoms with van der Waals surface area (Å²) in [6.07, 6.45) is 1.48. The lowest BCUT2D eigenvalue weighted by molar-refractivity contribution is -0.139. The zero-order valence-corrected chi connectivity index (χ0v) is 17.0. The molecule has 0 bridgehead atoms. The van der Waals surface area contributed by atoms with Gasteiger partial charge in [-0.05, 0) is 53.1 Å². The van der Waals surface area contributed by atoms with E-state index in [0.29, 0.717) is 28.0 Å². The zero-order chi connectivity index (χ0) is 23.1. The minimum Gasteiger partial charge on any atom is -0.481 e. The number of aliphatic hydroxyl groups is 2. The highest BCUT2D eigenvalue weighted by Gasteiger charge is 2.17. The van der Waals surface area contributed by atoms with Crippen molar-refractivity contribution in [2.45, 2.75) is 25.0 Å². The van der Waals surface area contributed by atoms with Crippen molar-refractivity contribution in [3.05, 3.63) is 108 Å². The van der Waals surface area contributed by atoms with Crippen LogP contribution in [0, 0.1) is 11.6 Å². The van der Waals surface area contributed by atoms with Crippen molar-refractivity contribution in [1.82, 2.24) is 0 Å². The predicted octanol–water partition coefficient (Wildman–Crippen LogP) is 4.66. The van der Waals surface area contributed by atoms with Crippen LogP contribution in [0.15, 0.2) is 83.5 Å². The Hall–Kier alpha value is -3.55. The molecule has 3 aromatic rings. The third-order valence-electron chi connectivity index (χ3n) is 4.73. The van der Waals surface area contributed by atoms with Crippen LogP contribution in [0.2, 0.25) is 0 Å². The Morgan fingerprint density at radius 1 is 0.938 bits per heavy atom.